The fourth-order valence-electron chi connectivity index (χ4n) is 4.91. The van der Waals surface area contributed by atoms with Gasteiger partial charge in [0, 0.05) is 18.5 Å². The molecule has 0 amide bonds. The van der Waals surface area contributed by atoms with Crippen molar-refractivity contribution in [2.24, 2.45) is 0 Å². The van der Waals surface area contributed by atoms with Gasteiger partial charge in [0.05, 0.1) is 22.2 Å². The minimum Gasteiger partial charge on any atom is -0.394 e. The molecule has 0 radical (unpaired) electrons. The fourth-order valence-corrected chi connectivity index (χ4v) is 5.23. The lowest BCUT2D eigenvalue weighted by Gasteiger charge is -2.28. The third-order valence-corrected chi connectivity index (χ3v) is 6.82. The number of hydrogen-bond acceptors (Lipinski definition) is 6. The van der Waals surface area contributed by atoms with Crippen LogP contribution in [-0.4, -0.2) is 53.5 Å². The van der Waals surface area contributed by atoms with E-state index in [1.54, 1.807) is 12.1 Å². The van der Waals surface area contributed by atoms with E-state index in [9.17, 15) is 10.4 Å². The quantitative estimate of drug-likeness (QED) is 0.763. The number of aliphatic hydroxyl groups is 1. The van der Waals surface area contributed by atoms with Gasteiger partial charge in [0.2, 0.25) is 0 Å². The van der Waals surface area contributed by atoms with Crippen molar-refractivity contribution in [1.82, 2.24) is 4.57 Å². The molecule has 4 atom stereocenters. The molecule has 160 valence electrons. The Bertz CT molecular complexity index is 1040. The lowest BCUT2D eigenvalue weighted by Crippen LogP contribution is -2.31. The maximum atomic E-state index is 10.1. The minimum atomic E-state index is -0.791. The van der Waals surface area contributed by atoms with Gasteiger partial charge in [0.1, 0.15) is 35.8 Å². The Morgan fingerprint density at radius 3 is 2.50 bits per heavy atom. The van der Waals surface area contributed by atoms with Gasteiger partial charge >= 0.3 is 0 Å². The van der Waals surface area contributed by atoms with Crippen molar-refractivity contribution in [3.05, 3.63) is 27.7 Å². The maximum absolute atomic E-state index is 10.1. The molecule has 0 saturated carbocycles. The zero-order chi connectivity index (χ0) is 21.2. The van der Waals surface area contributed by atoms with Crippen LogP contribution in [0.5, 0.6) is 0 Å². The number of ether oxygens (including phenoxy) is 3. The number of benzene rings is 1. The molecule has 0 bridgehead atoms. The van der Waals surface area contributed by atoms with E-state index in [0.717, 1.165) is 42.7 Å². The fraction of sp³-hybridized carbons (Fsp3) is 0.571. The van der Waals surface area contributed by atoms with Gasteiger partial charge in [-0.1, -0.05) is 23.2 Å². The zero-order valence-electron chi connectivity index (χ0n) is 16.8. The molecule has 1 unspecified atom stereocenters. The number of nitrogens with zero attached hydrogens (tertiary/aromatic N) is 3. The predicted molar refractivity (Wildman–Crippen MR) is 113 cm³/mol. The highest BCUT2D eigenvalue weighted by molar-refractivity contribution is 6.42. The second-order valence-corrected chi connectivity index (χ2v) is 9.28. The van der Waals surface area contributed by atoms with Gasteiger partial charge in [-0.2, -0.15) is 5.26 Å². The van der Waals surface area contributed by atoms with Crippen LogP contribution in [0.1, 0.15) is 38.5 Å². The molecule has 5 rings (SSSR count). The van der Waals surface area contributed by atoms with Crippen LogP contribution in [0.3, 0.4) is 0 Å². The first-order chi connectivity index (χ1) is 14.3. The van der Waals surface area contributed by atoms with E-state index >= 15 is 0 Å². The summed E-state index contributed by atoms with van der Waals surface area (Å²) in [6.45, 7) is 5.21. The van der Waals surface area contributed by atoms with Gasteiger partial charge < -0.3 is 24.2 Å². The van der Waals surface area contributed by atoms with Crippen molar-refractivity contribution in [3.63, 3.8) is 0 Å². The second-order valence-electron chi connectivity index (χ2n) is 8.47. The molecule has 4 heterocycles. The highest BCUT2D eigenvalue weighted by atomic mass is 35.5. The summed E-state index contributed by atoms with van der Waals surface area (Å²) >= 11 is 12.7. The number of aliphatic hydroxyl groups excluding tert-OH is 1. The highest BCUT2D eigenvalue weighted by Gasteiger charge is 2.56. The summed E-state index contributed by atoms with van der Waals surface area (Å²) in [5.74, 6) is -0.0143. The molecular weight excluding hydrogens is 429 g/mol. The summed E-state index contributed by atoms with van der Waals surface area (Å²) in [4.78, 5) is 2.20. The van der Waals surface area contributed by atoms with Crippen LogP contribution in [0.25, 0.3) is 10.9 Å². The van der Waals surface area contributed by atoms with E-state index in [1.165, 1.54) is 0 Å². The van der Waals surface area contributed by atoms with Crippen LogP contribution in [0.2, 0.25) is 10.0 Å². The van der Waals surface area contributed by atoms with Gasteiger partial charge in [0.25, 0.3) is 0 Å². The number of nitriles is 1. The first-order valence-electron chi connectivity index (χ1n) is 10.1. The summed E-state index contributed by atoms with van der Waals surface area (Å²) in [6.07, 6.45) is 0.155. The third-order valence-electron chi connectivity index (χ3n) is 6.10. The summed E-state index contributed by atoms with van der Waals surface area (Å²) in [6, 6.07) is 5.87. The smallest absolute Gasteiger partial charge is 0.165 e. The first-order valence-corrected chi connectivity index (χ1v) is 10.9. The zero-order valence-corrected chi connectivity index (χ0v) is 18.3. The summed E-state index contributed by atoms with van der Waals surface area (Å²) < 4.78 is 20.5. The number of rotatable bonds is 3. The molecule has 2 aromatic rings. The summed E-state index contributed by atoms with van der Waals surface area (Å²) in [7, 11) is 0. The molecule has 1 N–H and O–H groups in total. The van der Waals surface area contributed by atoms with Gasteiger partial charge in [-0.15, -0.1) is 0 Å². The Hall–Kier alpha value is -1.53. The van der Waals surface area contributed by atoms with Crippen molar-refractivity contribution < 1.29 is 19.3 Å². The molecule has 3 fully saturated rings. The average molecular weight is 452 g/mol. The molecule has 9 heteroatoms. The molecule has 1 aromatic carbocycles. The molecule has 7 nitrogen and oxygen atoms in total. The summed E-state index contributed by atoms with van der Waals surface area (Å²) in [5.41, 5.74) is 1.29. The monoisotopic (exact) mass is 451 g/mol. The van der Waals surface area contributed by atoms with Gasteiger partial charge in [-0.05, 0) is 38.8 Å². The van der Waals surface area contributed by atoms with Gasteiger partial charge in [-0.3, -0.25) is 4.57 Å². The Labute approximate surface area is 184 Å². The normalized spacial score (nSPS) is 30.2. The highest BCUT2D eigenvalue weighted by Crippen LogP contribution is 2.48. The average Bonchev–Trinajstić information content (AvgIpc) is 3.44. The van der Waals surface area contributed by atoms with E-state index < -0.39 is 30.3 Å². The Balaban J connectivity index is 1.74. The molecular formula is C21H23Cl2N3O4. The SMILES string of the molecule is CC1(C)OC2[C@@H](CO)O[C@@H](n3c(N4CCCC4)c(C#N)c4cc(Cl)c(Cl)cc43)[C@H]2O1. The van der Waals surface area contributed by atoms with E-state index in [0.29, 0.717) is 15.6 Å². The van der Waals surface area contributed by atoms with Crippen molar-refractivity contribution >= 4 is 39.9 Å². The molecule has 3 saturated heterocycles. The van der Waals surface area contributed by atoms with Gasteiger partial charge in [0.15, 0.2) is 12.0 Å². The molecule has 0 aliphatic carbocycles. The maximum Gasteiger partial charge on any atom is 0.165 e. The number of anilines is 1. The molecule has 30 heavy (non-hydrogen) atoms. The molecule has 1 aromatic heterocycles. The standard InChI is InChI=1S/C21H23Cl2N3O4/c1-21(2)29-17-16(10-27)28-20(18(17)30-21)26-15-8-14(23)13(22)7-11(15)12(9-24)19(26)25-5-3-4-6-25/h7-8,16-18,20,27H,3-6,10H2,1-2H3/t16-,17?,18+,20-/m1/s1. The van der Waals surface area contributed by atoms with Crippen LogP contribution >= 0.6 is 23.2 Å². The number of hydrogen-bond donors (Lipinski definition) is 1. The summed E-state index contributed by atoms with van der Waals surface area (Å²) in [5, 5.41) is 21.5. The lowest BCUT2D eigenvalue weighted by molar-refractivity contribution is -0.199. The van der Waals surface area contributed by atoms with E-state index in [-0.39, 0.29) is 6.61 Å². The Morgan fingerprint density at radius 1 is 1.17 bits per heavy atom. The minimum absolute atomic E-state index is 0.187. The van der Waals surface area contributed by atoms with Crippen LogP contribution in [0.4, 0.5) is 5.82 Å². The first kappa shape index (κ1) is 20.4. The van der Waals surface area contributed by atoms with Crippen LogP contribution < -0.4 is 4.90 Å². The Kier molecular flexibility index (Phi) is 4.93. The van der Waals surface area contributed by atoms with Gasteiger partial charge in [-0.25, -0.2) is 0 Å². The van der Waals surface area contributed by atoms with Crippen molar-refractivity contribution in [1.29, 1.82) is 5.26 Å². The van der Waals surface area contributed by atoms with Crippen molar-refractivity contribution in [2.75, 3.05) is 24.6 Å². The van der Waals surface area contributed by atoms with E-state index in [4.69, 9.17) is 37.4 Å². The Morgan fingerprint density at radius 2 is 1.83 bits per heavy atom. The third kappa shape index (κ3) is 3.01. The van der Waals surface area contributed by atoms with Crippen LogP contribution in [0.15, 0.2) is 12.1 Å². The van der Waals surface area contributed by atoms with Crippen LogP contribution in [-0.2, 0) is 14.2 Å². The number of aromatic nitrogens is 1. The predicted octanol–water partition coefficient (Wildman–Crippen LogP) is 3.83. The number of halogens is 2. The van der Waals surface area contributed by atoms with Crippen LogP contribution in [0, 0.1) is 11.3 Å². The molecule has 3 aliphatic heterocycles. The van der Waals surface area contributed by atoms with E-state index in [1.807, 2.05) is 18.4 Å². The van der Waals surface area contributed by atoms with Crippen molar-refractivity contribution in [2.45, 2.75) is 57.0 Å². The largest absolute Gasteiger partial charge is 0.394 e. The topological polar surface area (TPSA) is 79.9 Å². The molecule has 3 aliphatic rings. The van der Waals surface area contributed by atoms with Crippen molar-refractivity contribution in [3.8, 4) is 6.07 Å². The number of fused-ring (bicyclic) bond motifs is 2. The van der Waals surface area contributed by atoms with E-state index in [2.05, 4.69) is 11.0 Å². The second kappa shape index (κ2) is 7.27. The molecule has 0 spiro atoms. The lowest BCUT2D eigenvalue weighted by atomic mass is 10.1.